The Morgan fingerprint density at radius 2 is 2.05 bits per heavy atom. The molecule has 1 aromatic carbocycles. The minimum atomic E-state index is 0.685. The summed E-state index contributed by atoms with van der Waals surface area (Å²) in [7, 11) is 0. The Kier molecular flexibility index (Phi) is 4.91. The summed E-state index contributed by atoms with van der Waals surface area (Å²) in [4.78, 5) is 9.05. The van der Waals surface area contributed by atoms with Gasteiger partial charge in [0.25, 0.3) is 0 Å². The Labute approximate surface area is 126 Å². The monoisotopic (exact) mass is 339 g/mol. The highest BCUT2D eigenvalue weighted by Gasteiger charge is 2.07. The van der Waals surface area contributed by atoms with Crippen LogP contribution in [-0.2, 0) is 6.54 Å². The molecule has 2 rings (SSSR count). The maximum absolute atomic E-state index is 6.00. The molecule has 0 saturated carbocycles. The molecule has 0 saturated heterocycles. The lowest BCUT2D eigenvalue weighted by molar-refractivity contribution is 0.708. The van der Waals surface area contributed by atoms with E-state index in [1.165, 1.54) is 0 Å². The summed E-state index contributed by atoms with van der Waals surface area (Å²) in [6.07, 6.45) is 0. The second-order valence-electron chi connectivity index (χ2n) is 4.23. The van der Waals surface area contributed by atoms with Gasteiger partial charge in [-0.3, -0.25) is 0 Å². The molecule has 0 aliphatic heterocycles. The third-order valence-electron chi connectivity index (χ3n) is 2.64. The Balaban J connectivity index is 2.37. The quantitative estimate of drug-likeness (QED) is 0.915. The van der Waals surface area contributed by atoms with Crippen LogP contribution in [0.5, 0.6) is 0 Å². The van der Waals surface area contributed by atoms with Gasteiger partial charge in [-0.1, -0.05) is 18.5 Å². The standard InChI is InChI=1S/C14H15BrClN3/c1-3-17-8-11-6-9(2)18-14(19-11)10-4-5-13(16)12(15)7-10/h4-7,17H,3,8H2,1-2H3. The average Bonchev–Trinajstić information content (AvgIpc) is 2.39. The van der Waals surface area contributed by atoms with Crippen molar-refractivity contribution >= 4 is 27.5 Å². The topological polar surface area (TPSA) is 37.8 Å². The van der Waals surface area contributed by atoms with Crippen LogP contribution in [0.3, 0.4) is 0 Å². The molecule has 100 valence electrons. The van der Waals surface area contributed by atoms with Gasteiger partial charge in [-0.05, 0) is 53.7 Å². The Morgan fingerprint density at radius 1 is 1.26 bits per heavy atom. The van der Waals surface area contributed by atoms with Crippen molar-refractivity contribution in [2.75, 3.05) is 6.54 Å². The molecule has 1 heterocycles. The first kappa shape index (κ1) is 14.4. The van der Waals surface area contributed by atoms with Crippen molar-refractivity contribution in [3.05, 3.63) is 45.1 Å². The fourth-order valence-electron chi connectivity index (χ4n) is 1.74. The molecule has 0 bridgehead atoms. The maximum atomic E-state index is 6.00. The van der Waals surface area contributed by atoms with E-state index in [4.69, 9.17) is 11.6 Å². The SMILES string of the molecule is CCNCc1cc(C)nc(-c2ccc(Cl)c(Br)c2)n1. The Bertz CT molecular complexity index is 587. The zero-order valence-corrected chi connectivity index (χ0v) is 13.2. The number of nitrogens with one attached hydrogen (secondary N) is 1. The van der Waals surface area contributed by atoms with E-state index in [1.807, 2.05) is 31.2 Å². The molecule has 19 heavy (non-hydrogen) atoms. The smallest absolute Gasteiger partial charge is 0.159 e. The van der Waals surface area contributed by atoms with Gasteiger partial charge in [0, 0.05) is 22.3 Å². The summed E-state index contributed by atoms with van der Waals surface area (Å²) in [5.74, 6) is 0.727. The van der Waals surface area contributed by atoms with Gasteiger partial charge in [-0.15, -0.1) is 0 Å². The van der Waals surface area contributed by atoms with Gasteiger partial charge < -0.3 is 5.32 Å². The van der Waals surface area contributed by atoms with Crippen molar-refractivity contribution in [3.63, 3.8) is 0 Å². The van der Waals surface area contributed by atoms with Crippen molar-refractivity contribution in [1.82, 2.24) is 15.3 Å². The number of benzene rings is 1. The molecule has 0 spiro atoms. The number of aromatic nitrogens is 2. The number of rotatable bonds is 4. The molecule has 0 aliphatic rings. The molecule has 0 amide bonds. The molecule has 5 heteroatoms. The highest BCUT2D eigenvalue weighted by Crippen LogP contribution is 2.27. The summed E-state index contributed by atoms with van der Waals surface area (Å²) < 4.78 is 0.852. The average molecular weight is 341 g/mol. The van der Waals surface area contributed by atoms with Gasteiger partial charge in [0.1, 0.15) is 0 Å². The van der Waals surface area contributed by atoms with E-state index in [-0.39, 0.29) is 0 Å². The predicted molar refractivity (Wildman–Crippen MR) is 82.3 cm³/mol. The zero-order chi connectivity index (χ0) is 13.8. The van der Waals surface area contributed by atoms with Crippen LogP contribution in [0, 0.1) is 6.92 Å². The lowest BCUT2D eigenvalue weighted by atomic mass is 10.2. The first-order valence-corrected chi connectivity index (χ1v) is 7.28. The van der Waals surface area contributed by atoms with Crippen LogP contribution in [0.4, 0.5) is 0 Å². The molecule has 1 N–H and O–H groups in total. The van der Waals surface area contributed by atoms with E-state index in [9.17, 15) is 0 Å². The minimum absolute atomic E-state index is 0.685. The minimum Gasteiger partial charge on any atom is -0.311 e. The van der Waals surface area contributed by atoms with Crippen LogP contribution < -0.4 is 5.32 Å². The first-order valence-electron chi connectivity index (χ1n) is 6.11. The van der Waals surface area contributed by atoms with E-state index in [0.717, 1.165) is 40.3 Å². The largest absolute Gasteiger partial charge is 0.311 e. The summed E-state index contributed by atoms with van der Waals surface area (Å²) in [6.45, 7) is 5.73. The van der Waals surface area contributed by atoms with Crippen molar-refractivity contribution in [3.8, 4) is 11.4 Å². The second-order valence-corrected chi connectivity index (χ2v) is 5.50. The third-order valence-corrected chi connectivity index (χ3v) is 3.86. The molecule has 0 atom stereocenters. The van der Waals surface area contributed by atoms with Gasteiger partial charge in [0.05, 0.1) is 10.7 Å². The normalized spacial score (nSPS) is 10.7. The van der Waals surface area contributed by atoms with Crippen molar-refractivity contribution in [2.24, 2.45) is 0 Å². The molecular formula is C14H15BrClN3. The summed E-state index contributed by atoms with van der Waals surface area (Å²) in [6, 6.07) is 7.71. The molecule has 0 unspecified atom stereocenters. The second kappa shape index (κ2) is 6.46. The summed E-state index contributed by atoms with van der Waals surface area (Å²) in [5, 5.41) is 3.95. The Hall–Kier alpha value is -0.970. The number of halogens is 2. The number of nitrogens with zero attached hydrogens (tertiary/aromatic N) is 2. The summed E-state index contributed by atoms with van der Waals surface area (Å²) in [5.41, 5.74) is 2.91. The van der Waals surface area contributed by atoms with Gasteiger partial charge in [-0.2, -0.15) is 0 Å². The lowest BCUT2D eigenvalue weighted by Crippen LogP contribution is -2.13. The molecule has 2 aromatic rings. The first-order chi connectivity index (χ1) is 9.10. The van der Waals surface area contributed by atoms with E-state index in [0.29, 0.717) is 5.02 Å². The van der Waals surface area contributed by atoms with Crippen LogP contribution in [0.1, 0.15) is 18.3 Å². The fraction of sp³-hybridized carbons (Fsp3) is 0.286. The number of hydrogen-bond acceptors (Lipinski definition) is 3. The van der Waals surface area contributed by atoms with Gasteiger partial charge in [-0.25, -0.2) is 9.97 Å². The molecule has 1 aromatic heterocycles. The summed E-state index contributed by atoms with van der Waals surface area (Å²) >= 11 is 9.42. The molecule has 3 nitrogen and oxygen atoms in total. The highest BCUT2D eigenvalue weighted by atomic mass is 79.9. The Morgan fingerprint density at radius 3 is 2.74 bits per heavy atom. The molecule has 0 fully saturated rings. The number of aryl methyl sites for hydroxylation is 1. The van der Waals surface area contributed by atoms with E-state index in [2.05, 4.69) is 38.1 Å². The maximum Gasteiger partial charge on any atom is 0.159 e. The van der Waals surface area contributed by atoms with Crippen LogP contribution in [0.25, 0.3) is 11.4 Å². The number of hydrogen-bond donors (Lipinski definition) is 1. The van der Waals surface area contributed by atoms with Crippen molar-refractivity contribution in [1.29, 1.82) is 0 Å². The third kappa shape index (κ3) is 3.75. The lowest BCUT2D eigenvalue weighted by Gasteiger charge is -2.07. The van der Waals surface area contributed by atoms with Gasteiger partial charge in [0.2, 0.25) is 0 Å². The van der Waals surface area contributed by atoms with E-state index >= 15 is 0 Å². The molecule has 0 aliphatic carbocycles. The van der Waals surface area contributed by atoms with Gasteiger partial charge >= 0.3 is 0 Å². The fourth-order valence-corrected chi connectivity index (χ4v) is 2.24. The zero-order valence-electron chi connectivity index (χ0n) is 10.9. The van der Waals surface area contributed by atoms with Crippen LogP contribution in [-0.4, -0.2) is 16.5 Å². The molecular weight excluding hydrogens is 326 g/mol. The van der Waals surface area contributed by atoms with E-state index < -0.39 is 0 Å². The highest BCUT2D eigenvalue weighted by molar-refractivity contribution is 9.10. The van der Waals surface area contributed by atoms with Crippen LogP contribution >= 0.6 is 27.5 Å². The van der Waals surface area contributed by atoms with Crippen molar-refractivity contribution in [2.45, 2.75) is 20.4 Å². The van der Waals surface area contributed by atoms with Crippen LogP contribution in [0.2, 0.25) is 5.02 Å². The van der Waals surface area contributed by atoms with Crippen LogP contribution in [0.15, 0.2) is 28.7 Å². The predicted octanol–water partition coefficient (Wildman–Crippen LogP) is 3.98. The van der Waals surface area contributed by atoms with Gasteiger partial charge in [0.15, 0.2) is 5.82 Å². The van der Waals surface area contributed by atoms with E-state index in [1.54, 1.807) is 0 Å². The molecule has 0 radical (unpaired) electrons. The van der Waals surface area contributed by atoms with Crippen molar-refractivity contribution < 1.29 is 0 Å².